The Hall–Kier alpha value is -3.21. The highest BCUT2D eigenvalue weighted by atomic mass is 35.5. The van der Waals surface area contributed by atoms with Crippen LogP contribution in [0.3, 0.4) is 0 Å². The molecule has 2 aromatic carbocycles. The fraction of sp³-hybridized carbons (Fsp3) is 0.0556. The lowest BCUT2D eigenvalue weighted by Gasteiger charge is -2.09. The lowest BCUT2D eigenvalue weighted by molar-refractivity contribution is -0.139. The molecule has 0 spiro atoms. The summed E-state index contributed by atoms with van der Waals surface area (Å²) in [5.74, 6) is -1.83. The molecular weight excluding hydrogens is 395 g/mol. The molecule has 0 aliphatic rings. The third kappa shape index (κ3) is 5.64. The molecule has 1 amide bonds. The van der Waals surface area contributed by atoms with Gasteiger partial charge in [0.15, 0.2) is 12.4 Å². The first kappa shape index (κ1) is 20.1. The molecule has 0 saturated carbocycles. The Morgan fingerprint density at radius 3 is 2.30 bits per heavy atom. The fourth-order valence-electron chi connectivity index (χ4n) is 1.99. The van der Waals surface area contributed by atoms with Crippen LogP contribution >= 0.6 is 23.2 Å². The Labute approximate surface area is 164 Å². The van der Waals surface area contributed by atoms with E-state index in [9.17, 15) is 20.0 Å². The van der Waals surface area contributed by atoms with Gasteiger partial charge in [-0.2, -0.15) is 5.26 Å². The predicted octanol–water partition coefficient (Wildman–Crippen LogP) is 3.71. The second kappa shape index (κ2) is 8.94. The van der Waals surface area contributed by atoms with Crippen molar-refractivity contribution in [3.05, 3.63) is 57.6 Å². The van der Waals surface area contributed by atoms with Crippen LogP contribution < -0.4 is 10.1 Å². The highest BCUT2D eigenvalue weighted by Crippen LogP contribution is 2.35. The Morgan fingerprint density at radius 1 is 1.19 bits per heavy atom. The van der Waals surface area contributed by atoms with Crippen LogP contribution in [0, 0.1) is 11.3 Å². The molecule has 2 rings (SSSR count). The van der Waals surface area contributed by atoms with Gasteiger partial charge in [-0.3, -0.25) is 4.79 Å². The van der Waals surface area contributed by atoms with Gasteiger partial charge >= 0.3 is 5.97 Å². The van der Waals surface area contributed by atoms with E-state index in [0.717, 1.165) is 0 Å². The number of aromatic hydroxyl groups is 1. The number of phenols is 1. The third-order valence-corrected chi connectivity index (χ3v) is 3.72. The average molecular weight is 407 g/mol. The molecule has 2 aromatic rings. The molecule has 0 bridgehead atoms. The molecule has 3 N–H and O–H groups in total. The maximum atomic E-state index is 12.2. The SMILES string of the molecule is N#C/C(=C\c1cc(Cl)c(OCC(=O)O)c(Cl)c1)C(=O)Nc1ccc(O)cc1. The molecule has 0 radical (unpaired) electrons. The van der Waals surface area contributed by atoms with E-state index in [2.05, 4.69) is 5.32 Å². The maximum absolute atomic E-state index is 12.2. The van der Waals surface area contributed by atoms with E-state index in [1.165, 1.54) is 42.5 Å². The molecule has 0 atom stereocenters. The molecule has 138 valence electrons. The number of phenolic OH excluding ortho intramolecular Hbond substituents is 1. The monoisotopic (exact) mass is 406 g/mol. The van der Waals surface area contributed by atoms with Gasteiger partial charge in [0.05, 0.1) is 10.0 Å². The van der Waals surface area contributed by atoms with Crippen LogP contribution in [0.25, 0.3) is 6.08 Å². The molecule has 0 aromatic heterocycles. The highest BCUT2D eigenvalue weighted by Gasteiger charge is 2.14. The zero-order valence-electron chi connectivity index (χ0n) is 13.6. The van der Waals surface area contributed by atoms with Crippen LogP contribution in [-0.2, 0) is 9.59 Å². The number of carboxylic acids is 1. The van der Waals surface area contributed by atoms with E-state index in [1.54, 1.807) is 6.07 Å². The van der Waals surface area contributed by atoms with Crippen molar-refractivity contribution in [2.75, 3.05) is 11.9 Å². The standard InChI is InChI=1S/C18H12Cl2N2O5/c19-14-6-10(7-15(20)17(14)27-9-16(24)25)5-11(8-21)18(26)22-12-1-3-13(23)4-2-12/h1-7,23H,9H2,(H,22,26)(H,24,25)/b11-5+. The normalized spacial score (nSPS) is 10.8. The van der Waals surface area contributed by atoms with Crippen molar-refractivity contribution >= 4 is 46.8 Å². The number of amides is 1. The molecular formula is C18H12Cl2N2O5. The van der Waals surface area contributed by atoms with E-state index in [1.807, 2.05) is 0 Å². The first-order chi connectivity index (χ1) is 12.8. The first-order valence-electron chi connectivity index (χ1n) is 7.36. The highest BCUT2D eigenvalue weighted by molar-refractivity contribution is 6.37. The number of nitriles is 1. The number of halogens is 2. The van der Waals surface area contributed by atoms with E-state index in [4.69, 9.17) is 33.0 Å². The molecule has 0 aliphatic heterocycles. The van der Waals surface area contributed by atoms with E-state index in [-0.39, 0.29) is 27.1 Å². The minimum absolute atomic E-state index is 0.00932. The van der Waals surface area contributed by atoms with Crippen LogP contribution in [0.4, 0.5) is 5.69 Å². The van der Waals surface area contributed by atoms with Gasteiger partial charge in [0.1, 0.15) is 17.4 Å². The summed E-state index contributed by atoms with van der Waals surface area (Å²) in [6.45, 7) is -0.618. The molecule has 0 fully saturated rings. The molecule has 7 nitrogen and oxygen atoms in total. The van der Waals surface area contributed by atoms with Gasteiger partial charge in [-0.1, -0.05) is 23.2 Å². The average Bonchev–Trinajstić information content (AvgIpc) is 2.60. The van der Waals surface area contributed by atoms with Crippen LogP contribution in [0.2, 0.25) is 10.0 Å². The summed E-state index contributed by atoms with van der Waals surface area (Å²) in [6.07, 6.45) is 1.27. The van der Waals surface area contributed by atoms with Crippen molar-refractivity contribution in [1.29, 1.82) is 5.26 Å². The summed E-state index contributed by atoms with van der Waals surface area (Å²) in [5, 5.41) is 29.7. The molecule has 0 aliphatic carbocycles. The van der Waals surface area contributed by atoms with Gasteiger partial charge in [-0.05, 0) is 48.0 Å². The van der Waals surface area contributed by atoms with Gasteiger partial charge in [-0.25, -0.2) is 4.79 Å². The zero-order valence-corrected chi connectivity index (χ0v) is 15.1. The topological polar surface area (TPSA) is 120 Å². The van der Waals surface area contributed by atoms with Gasteiger partial charge < -0.3 is 20.3 Å². The fourth-order valence-corrected chi connectivity index (χ4v) is 2.61. The van der Waals surface area contributed by atoms with Crippen molar-refractivity contribution in [1.82, 2.24) is 0 Å². The van der Waals surface area contributed by atoms with Crippen LogP contribution in [0.15, 0.2) is 42.0 Å². The molecule has 0 saturated heterocycles. The molecule has 9 heteroatoms. The number of benzene rings is 2. The van der Waals surface area contributed by atoms with Crippen molar-refractivity contribution in [2.45, 2.75) is 0 Å². The summed E-state index contributed by atoms with van der Waals surface area (Å²) in [5.41, 5.74) is 0.534. The number of rotatable bonds is 6. The molecule has 27 heavy (non-hydrogen) atoms. The summed E-state index contributed by atoms with van der Waals surface area (Å²) < 4.78 is 5.00. The molecule has 0 heterocycles. The smallest absolute Gasteiger partial charge is 0.341 e. The number of carbonyl (C=O) groups is 2. The minimum atomic E-state index is -1.19. The number of aliphatic carboxylic acids is 1. The number of ether oxygens (including phenoxy) is 1. The summed E-state index contributed by atoms with van der Waals surface area (Å²) in [6, 6.07) is 10.3. The summed E-state index contributed by atoms with van der Waals surface area (Å²) in [4.78, 5) is 22.8. The third-order valence-electron chi connectivity index (χ3n) is 3.16. The predicted molar refractivity (Wildman–Crippen MR) is 99.9 cm³/mol. The summed E-state index contributed by atoms with van der Waals surface area (Å²) >= 11 is 12.1. The van der Waals surface area contributed by atoms with Crippen molar-refractivity contribution < 1.29 is 24.5 Å². The Kier molecular flexibility index (Phi) is 6.66. The Morgan fingerprint density at radius 2 is 1.78 bits per heavy atom. The Bertz CT molecular complexity index is 926. The number of carbonyl (C=O) groups excluding carboxylic acids is 1. The van der Waals surface area contributed by atoms with Crippen LogP contribution in [-0.4, -0.2) is 28.7 Å². The number of hydrogen-bond donors (Lipinski definition) is 3. The lowest BCUT2D eigenvalue weighted by atomic mass is 10.1. The second-order valence-electron chi connectivity index (χ2n) is 5.17. The van der Waals surface area contributed by atoms with Crippen LogP contribution in [0.1, 0.15) is 5.56 Å². The minimum Gasteiger partial charge on any atom is -0.508 e. The van der Waals surface area contributed by atoms with Crippen molar-refractivity contribution in [3.63, 3.8) is 0 Å². The maximum Gasteiger partial charge on any atom is 0.341 e. The number of anilines is 1. The van der Waals surface area contributed by atoms with E-state index in [0.29, 0.717) is 11.3 Å². The van der Waals surface area contributed by atoms with E-state index < -0.39 is 18.5 Å². The number of carboxylic acid groups (broad SMARTS) is 1. The van der Waals surface area contributed by atoms with Crippen molar-refractivity contribution in [3.8, 4) is 17.6 Å². The van der Waals surface area contributed by atoms with Crippen molar-refractivity contribution in [2.24, 2.45) is 0 Å². The van der Waals surface area contributed by atoms with Gasteiger partial charge in [-0.15, -0.1) is 0 Å². The summed E-state index contributed by atoms with van der Waals surface area (Å²) in [7, 11) is 0. The Balaban J connectivity index is 2.23. The van der Waals surface area contributed by atoms with E-state index >= 15 is 0 Å². The number of hydrogen-bond acceptors (Lipinski definition) is 5. The van der Waals surface area contributed by atoms with Crippen LogP contribution in [0.5, 0.6) is 11.5 Å². The quantitative estimate of drug-likeness (QED) is 0.382. The number of nitrogens with one attached hydrogen (secondary N) is 1. The van der Waals surface area contributed by atoms with Gasteiger partial charge in [0.25, 0.3) is 5.91 Å². The number of nitrogens with zero attached hydrogens (tertiary/aromatic N) is 1. The lowest BCUT2D eigenvalue weighted by Crippen LogP contribution is -2.13. The largest absolute Gasteiger partial charge is 0.508 e. The first-order valence-corrected chi connectivity index (χ1v) is 8.11. The van der Waals surface area contributed by atoms with Gasteiger partial charge in [0.2, 0.25) is 0 Å². The zero-order chi connectivity index (χ0) is 20.0. The molecule has 0 unspecified atom stereocenters. The van der Waals surface area contributed by atoms with Gasteiger partial charge in [0, 0.05) is 5.69 Å². The second-order valence-corrected chi connectivity index (χ2v) is 5.98.